The fourth-order valence-electron chi connectivity index (χ4n) is 2.39. The van der Waals surface area contributed by atoms with Gasteiger partial charge in [0.25, 0.3) is 0 Å². The third kappa shape index (κ3) is 13.7. The predicted molar refractivity (Wildman–Crippen MR) is 131 cm³/mol. The molecule has 0 aromatic heterocycles. The minimum Gasteiger partial charge on any atom is -0.331 e. The van der Waals surface area contributed by atoms with Crippen LogP contribution in [0.4, 0.5) is 127 Å². The normalized spacial score (nSPS) is 20.7. The zero-order valence-electron chi connectivity index (χ0n) is 26.8. The molecule has 360 valence electrons. The molecule has 0 bridgehead atoms. The van der Waals surface area contributed by atoms with Gasteiger partial charge in [-0.15, -0.1) is 13.5 Å². The molecule has 0 saturated heterocycles. The molecule has 0 aliphatic carbocycles. The standard InChI is InChI=1S/C18H13F29N3O7P3/c19-7(20,13(31,32)33)1-52-58(53-2-8(21,22)14(34,35)36)48-59(54-3-9(23,24)15(37,38)39,55-4-10(25,26)16(40,41)42)50-60(49-58,56-5-11(27,28)17(43,44)45)57-6-12(29,30)18(46,47)51/h51H,1-6H2. The molecule has 0 aromatic carbocycles. The van der Waals surface area contributed by atoms with Crippen molar-refractivity contribution in [3.63, 3.8) is 0 Å². The van der Waals surface area contributed by atoms with Crippen molar-refractivity contribution >= 4 is 23.0 Å². The lowest BCUT2D eigenvalue weighted by Crippen LogP contribution is -2.44. The molecule has 0 aromatic rings. The van der Waals surface area contributed by atoms with Gasteiger partial charge in [-0.3, -0.25) is 27.1 Å². The molecule has 0 spiro atoms. The second kappa shape index (κ2) is 17.1. The number of alkyl halides is 29. The summed E-state index contributed by atoms with van der Waals surface area (Å²) in [6.07, 6.45) is -42.4. The molecule has 0 amide bonds. The van der Waals surface area contributed by atoms with Gasteiger partial charge in [-0.05, 0) is 0 Å². The van der Waals surface area contributed by atoms with Crippen LogP contribution in [0.3, 0.4) is 0 Å². The van der Waals surface area contributed by atoms with Crippen molar-refractivity contribution in [1.29, 1.82) is 0 Å². The minimum atomic E-state index is -7.73. The van der Waals surface area contributed by atoms with E-state index < -0.39 is 135 Å². The van der Waals surface area contributed by atoms with Crippen molar-refractivity contribution in [2.45, 2.75) is 72.5 Å². The maximum absolute atomic E-state index is 14.0. The van der Waals surface area contributed by atoms with E-state index in [1.165, 1.54) is 0 Å². The molecular weight excluding hydrogens is 1010 g/mol. The Morgan fingerprint density at radius 3 is 0.517 bits per heavy atom. The van der Waals surface area contributed by atoms with Gasteiger partial charge in [0.2, 0.25) is 0 Å². The lowest BCUT2D eigenvalue weighted by Gasteiger charge is -2.36. The number of nitrogens with zero attached hydrogens (tertiary/aromatic N) is 3. The maximum atomic E-state index is 14.0. The zero-order valence-corrected chi connectivity index (χ0v) is 29.5. The van der Waals surface area contributed by atoms with Crippen molar-refractivity contribution in [2.75, 3.05) is 39.6 Å². The SMILES string of the molecule is OC(F)(F)C(F)(F)COP1(OCC(F)(F)C(F)(F)F)=NP(OCC(F)(F)C(F)(F)F)(OCC(F)(F)C(F)(F)F)=NP(OCC(F)(F)C(F)(F)F)(OCC(F)(F)C(F)(F)F)=N1. The molecule has 1 N–H and O–H groups in total. The van der Waals surface area contributed by atoms with Gasteiger partial charge in [0, 0.05) is 0 Å². The summed E-state index contributed by atoms with van der Waals surface area (Å²) >= 11 is 0. The van der Waals surface area contributed by atoms with Crippen molar-refractivity contribution in [3.8, 4) is 0 Å². The highest BCUT2D eigenvalue weighted by molar-refractivity contribution is 7.78. The summed E-state index contributed by atoms with van der Waals surface area (Å²) in [7, 11) is -23.2. The van der Waals surface area contributed by atoms with Crippen molar-refractivity contribution in [1.82, 2.24) is 0 Å². The fraction of sp³-hybridized carbons (Fsp3) is 1.00. The highest BCUT2D eigenvalue weighted by Gasteiger charge is 2.65. The van der Waals surface area contributed by atoms with Gasteiger partial charge in [-0.25, -0.2) is 0 Å². The number of halogens is 29. The second-order valence-electron chi connectivity index (χ2n) is 10.6. The first-order chi connectivity index (χ1) is 25.9. The molecule has 1 rings (SSSR count). The number of rotatable bonds is 19. The van der Waals surface area contributed by atoms with Crippen LogP contribution < -0.4 is 0 Å². The average molecular weight is 1030 g/mol. The summed E-state index contributed by atoms with van der Waals surface area (Å²) in [5.41, 5.74) is 0. The topological polar surface area (TPSA) is 113 Å². The molecule has 1 atom stereocenters. The lowest BCUT2D eigenvalue weighted by atomic mass is 10.3. The Morgan fingerprint density at radius 1 is 0.267 bits per heavy atom. The third-order valence-electron chi connectivity index (χ3n) is 5.68. The van der Waals surface area contributed by atoms with E-state index in [2.05, 4.69) is 36.2 Å². The molecule has 10 nitrogen and oxygen atoms in total. The molecule has 0 saturated carbocycles. The van der Waals surface area contributed by atoms with Gasteiger partial charge in [0.05, 0.1) is 0 Å². The Morgan fingerprint density at radius 2 is 0.400 bits per heavy atom. The van der Waals surface area contributed by atoms with Crippen LogP contribution in [0.25, 0.3) is 0 Å². The molecule has 60 heavy (non-hydrogen) atoms. The van der Waals surface area contributed by atoms with Crippen molar-refractivity contribution < 1.29 is 160 Å². The summed E-state index contributed by atoms with van der Waals surface area (Å²) in [5.74, 6) is -40.4. The van der Waals surface area contributed by atoms with E-state index in [0.29, 0.717) is 0 Å². The first kappa shape index (κ1) is 56.4. The van der Waals surface area contributed by atoms with E-state index in [1.807, 2.05) is 4.52 Å². The predicted octanol–water partition coefficient (Wildman–Crippen LogP) is 12.1. The van der Waals surface area contributed by atoms with Gasteiger partial charge in [-0.1, -0.05) is 0 Å². The third-order valence-corrected chi connectivity index (χ3v) is 13.9. The van der Waals surface area contributed by atoms with Crippen molar-refractivity contribution in [3.05, 3.63) is 0 Å². The van der Waals surface area contributed by atoms with E-state index in [0.717, 1.165) is 0 Å². The number of hydrogen-bond donors (Lipinski definition) is 1. The Balaban J connectivity index is 4.82. The smallest absolute Gasteiger partial charge is 0.331 e. The van der Waals surface area contributed by atoms with Gasteiger partial charge < -0.3 is 5.11 Å². The Labute approximate surface area is 309 Å². The van der Waals surface area contributed by atoms with Crippen LogP contribution in [0, 0.1) is 0 Å². The molecule has 1 aliphatic heterocycles. The highest BCUT2D eigenvalue weighted by Crippen LogP contribution is 2.81. The highest BCUT2D eigenvalue weighted by atomic mass is 31.3. The van der Waals surface area contributed by atoms with Crippen LogP contribution >= 0.6 is 23.0 Å². The summed E-state index contributed by atoms with van der Waals surface area (Å²) < 4.78 is 416. The Bertz CT molecular complexity index is 1350. The summed E-state index contributed by atoms with van der Waals surface area (Å²) in [6, 6.07) is 0. The first-order valence-electron chi connectivity index (χ1n) is 13.4. The van der Waals surface area contributed by atoms with E-state index in [4.69, 9.17) is 5.11 Å². The van der Waals surface area contributed by atoms with E-state index >= 15 is 0 Å². The van der Waals surface area contributed by atoms with Crippen LogP contribution in [-0.2, 0) is 27.1 Å². The maximum Gasteiger partial charge on any atom is 0.455 e. The van der Waals surface area contributed by atoms with Gasteiger partial charge in [0.1, 0.15) is 39.6 Å². The van der Waals surface area contributed by atoms with Crippen LogP contribution in [-0.4, -0.2) is 117 Å². The number of hydrogen-bond acceptors (Lipinski definition) is 10. The van der Waals surface area contributed by atoms with Crippen LogP contribution in [0.15, 0.2) is 13.5 Å². The molecule has 1 unspecified atom stereocenters. The van der Waals surface area contributed by atoms with Gasteiger partial charge >= 0.3 is 95.5 Å². The largest absolute Gasteiger partial charge is 0.455 e. The molecular formula is C18H13F29N3O7P3. The van der Waals surface area contributed by atoms with Crippen LogP contribution in [0.2, 0.25) is 0 Å². The fourth-order valence-corrected chi connectivity index (χ4v) is 11.9. The zero-order chi connectivity index (χ0) is 48.1. The summed E-state index contributed by atoms with van der Waals surface area (Å²) in [5, 5.41) is 8.35. The molecule has 1 aliphatic rings. The second-order valence-corrected chi connectivity index (χ2v) is 17.3. The van der Waals surface area contributed by atoms with E-state index in [1.54, 1.807) is 0 Å². The van der Waals surface area contributed by atoms with E-state index in [9.17, 15) is 127 Å². The Kier molecular flexibility index (Phi) is 16.0. The minimum absolute atomic E-state index is 2.04. The molecule has 1 heterocycles. The van der Waals surface area contributed by atoms with Gasteiger partial charge in [-0.2, -0.15) is 127 Å². The van der Waals surface area contributed by atoms with E-state index in [-0.39, 0.29) is 0 Å². The van der Waals surface area contributed by atoms with Crippen LogP contribution in [0.1, 0.15) is 0 Å². The average Bonchev–Trinajstić information content (AvgIpc) is 3.00. The summed E-state index contributed by atoms with van der Waals surface area (Å²) in [6.45, 7) is -23.6. The number of aliphatic hydroxyl groups is 1. The van der Waals surface area contributed by atoms with Crippen LogP contribution in [0.5, 0.6) is 0 Å². The molecule has 0 fully saturated rings. The van der Waals surface area contributed by atoms with Gasteiger partial charge in [0.15, 0.2) is 0 Å². The first-order valence-corrected chi connectivity index (χ1v) is 17.9. The monoisotopic (exact) mass is 1030 g/mol. The van der Waals surface area contributed by atoms with Crippen molar-refractivity contribution in [2.24, 2.45) is 13.5 Å². The quantitative estimate of drug-likeness (QED) is 0.101. The molecule has 0 radical (unpaired) electrons. The molecule has 42 heteroatoms. The summed E-state index contributed by atoms with van der Waals surface area (Å²) in [4.78, 5) is 0. The Hall–Kier alpha value is -1.62. The lowest BCUT2D eigenvalue weighted by molar-refractivity contribution is -0.331.